The van der Waals surface area contributed by atoms with Crippen molar-refractivity contribution in [3.63, 3.8) is 0 Å². The number of Topliss-reactive ketones (excluding diaryl/α,β-unsaturated/α-hetero) is 1. The third-order valence-corrected chi connectivity index (χ3v) is 2.54. The largest absolute Gasteiger partial charge is 0.501 e. The number of ketones is 1. The van der Waals surface area contributed by atoms with Gasteiger partial charge in [0.1, 0.15) is 0 Å². The summed E-state index contributed by atoms with van der Waals surface area (Å²) in [6.07, 6.45) is 3.36. The highest BCUT2D eigenvalue weighted by Gasteiger charge is 2.14. The predicted molar refractivity (Wildman–Crippen MR) is 58.8 cm³/mol. The van der Waals surface area contributed by atoms with Gasteiger partial charge in [0.2, 0.25) is 0 Å². The lowest BCUT2D eigenvalue weighted by Gasteiger charge is -2.12. The molecule has 0 saturated carbocycles. The van der Waals surface area contributed by atoms with Gasteiger partial charge in [0, 0.05) is 11.1 Å². The molecule has 1 aliphatic rings. The second-order valence-electron chi connectivity index (χ2n) is 3.81. The number of hydrogen-bond acceptors (Lipinski definition) is 2. The zero-order chi connectivity index (χ0) is 10.7. The van der Waals surface area contributed by atoms with Crippen LogP contribution in [0.4, 0.5) is 0 Å². The molecule has 2 heteroatoms. The number of hydrogen-bond donors (Lipinski definition) is 0. The van der Waals surface area contributed by atoms with Crippen LogP contribution in [0.2, 0.25) is 0 Å². The van der Waals surface area contributed by atoms with Gasteiger partial charge < -0.3 is 4.74 Å². The third-order valence-electron chi connectivity index (χ3n) is 2.54. The number of carbonyl (C=O) groups excluding carboxylic acids is 1. The van der Waals surface area contributed by atoms with Gasteiger partial charge in [0.05, 0.1) is 12.9 Å². The van der Waals surface area contributed by atoms with Crippen molar-refractivity contribution in [3.05, 3.63) is 47.2 Å². The fraction of sp³-hybridized carbons (Fsp3) is 0.308. The molecule has 1 aromatic rings. The SMILES string of the molecule is Cc1ccc(C(=O)C2=COCCC2)cc1. The Balaban J connectivity index is 2.20. The molecule has 2 rings (SSSR count). The summed E-state index contributed by atoms with van der Waals surface area (Å²) in [5.41, 5.74) is 2.70. The average molecular weight is 202 g/mol. The van der Waals surface area contributed by atoms with Crippen molar-refractivity contribution in [1.82, 2.24) is 0 Å². The van der Waals surface area contributed by atoms with Crippen LogP contribution >= 0.6 is 0 Å². The summed E-state index contributed by atoms with van der Waals surface area (Å²) < 4.78 is 5.17. The van der Waals surface area contributed by atoms with Crippen molar-refractivity contribution in [2.75, 3.05) is 6.61 Å². The fourth-order valence-electron chi connectivity index (χ4n) is 1.62. The van der Waals surface area contributed by atoms with Crippen molar-refractivity contribution < 1.29 is 9.53 Å². The fourth-order valence-corrected chi connectivity index (χ4v) is 1.62. The molecule has 2 nitrogen and oxygen atoms in total. The van der Waals surface area contributed by atoms with Crippen LogP contribution in [-0.4, -0.2) is 12.4 Å². The quantitative estimate of drug-likeness (QED) is 0.689. The van der Waals surface area contributed by atoms with Crippen LogP contribution in [0.15, 0.2) is 36.1 Å². The van der Waals surface area contributed by atoms with E-state index in [1.54, 1.807) is 6.26 Å². The monoisotopic (exact) mass is 202 g/mol. The minimum absolute atomic E-state index is 0.0923. The maximum absolute atomic E-state index is 12.0. The third kappa shape index (κ3) is 2.27. The molecule has 0 aliphatic carbocycles. The Hall–Kier alpha value is -1.57. The van der Waals surface area contributed by atoms with Crippen molar-refractivity contribution in [1.29, 1.82) is 0 Å². The summed E-state index contributed by atoms with van der Waals surface area (Å²) in [4.78, 5) is 12.0. The molecule has 0 aromatic heterocycles. The summed E-state index contributed by atoms with van der Waals surface area (Å²) >= 11 is 0. The topological polar surface area (TPSA) is 26.3 Å². The van der Waals surface area contributed by atoms with E-state index in [0.717, 1.165) is 30.6 Å². The van der Waals surface area contributed by atoms with Crippen molar-refractivity contribution in [3.8, 4) is 0 Å². The molecule has 0 saturated heterocycles. The van der Waals surface area contributed by atoms with Gasteiger partial charge in [0.15, 0.2) is 5.78 Å². The van der Waals surface area contributed by atoms with Crippen molar-refractivity contribution >= 4 is 5.78 Å². The van der Waals surface area contributed by atoms with E-state index < -0.39 is 0 Å². The minimum atomic E-state index is 0.0923. The van der Waals surface area contributed by atoms with Crippen LogP contribution in [0.5, 0.6) is 0 Å². The molecular formula is C13H14O2. The normalized spacial score (nSPS) is 15.4. The molecule has 0 radical (unpaired) electrons. The van der Waals surface area contributed by atoms with E-state index in [0.29, 0.717) is 0 Å². The highest BCUT2D eigenvalue weighted by molar-refractivity contribution is 6.08. The number of allylic oxidation sites excluding steroid dienone is 1. The first kappa shape index (κ1) is 9.97. The lowest BCUT2D eigenvalue weighted by Crippen LogP contribution is -2.09. The molecule has 0 bridgehead atoms. The number of carbonyl (C=O) groups is 1. The first-order valence-electron chi connectivity index (χ1n) is 5.19. The molecular weight excluding hydrogens is 188 g/mol. The van der Waals surface area contributed by atoms with Crippen LogP contribution in [-0.2, 0) is 4.74 Å². The lowest BCUT2D eigenvalue weighted by atomic mass is 9.99. The first-order chi connectivity index (χ1) is 7.27. The van der Waals surface area contributed by atoms with E-state index in [2.05, 4.69) is 0 Å². The average Bonchev–Trinajstić information content (AvgIpc) is 2.30. The summed E-state index contributed by atoms with van der Waals surface area (Å²) in [6.45, 7) is 2.74. The molecule has 0 atom stereocenters. The smallest absolute Gasteiger partial charge is 0.192 e. The maximum Gasteiger partial charge on any atom is 0.192 e. The van der Waals surface area contributed by atoms with E-state index in [4.69, 9.17) is 4.74 Å². The highest BCUT2D eigenvalue weighted by atomic mass is 16.5. The van der Waals surface area contributed by atoms with Crippen molar-refractivity contribution in [2.45, 2.75) is 19.8 Å². The molecule has 1 heterocycles. The van der Waals surface area contributed by atoms with Gasteiger partial charge in [-0.1, -0.05) is 29.8 Å². The second-order valence-corrected chi connectivity index (χ2v) is 3.81. The van der Waals surface area contributed by atoms with Crippen LogP contribution in [0.25, 0.3) is 0 Å². The molecule has 1 aromatic carbocycles. The molecule has 0 N–H and O–H groups in total. The zero-order valence-corrected chi connectivity index (χ0v) is 8.82. The number of ether oxygens (including phenoxy) is 1. The number of aryl methyl sites for hydroxylation is 1. The predicted octanol–water partition coefficient (Wildman–Crippen LogP) is 2.87. The van der Waals surface area contributed by atoms with Gasteiger partial charge in [-0.05, 0) is 19.8 Å². The number of benzene rings is 1. The van der Waals surface area contributed by atoms with Crippen LogP contribution < -0.4 is 0 Å². The summed E-state index contributed by atoms with van der Waals surface area (Å²) in [5, 5.41) is 0. The molecule has 15 heavy (non-hydrogen) atoms. The van der Waals surface area contributed by atoms with Gasteiger partial charge >= 0.3 is 0 Å². The van der Waals surface area contributed by atoms with Crippen LogP contribution in [0.3, 0.4) is 0 Å². The second kappa shape index (κ2) is 4.30. The van der Waals surface area contributed by atoms with Crippen LogP contribution in [0, 0.1) is 6.92 Å². The zero-order valence-electron chi connectivity index (χ0n) is 8.82. The summed E-state index contributed by atoms with van der Waals surface area (Å²) in [6, 6.07) is 7.65. The van der Waals surface area contributed by atoms with E-state index in [1.165, 1.54) is 5.56 Å². The van der Waals surface area contributed by atoms with Gasteiger partial charge in [-0.2, -0.15) is 0 Å². The van der Waals surface area contributed by atoms with E-state index in [-0.39, 0.29) is 5.78 Å². The Morgan fingerprint density at radius 2 is 2.00 bits per heavy atom. The molecule has 78 valence electrons. The Kier molecular flexibility index (Phi) is 2.86. The van der Waals surface area contributed by atoms with Gasteiger partial charge in [-0.15, -0.1) is 0 Å². The minimum Gasteiger partial charge on any atom is -0.501 e. The Labute approximate surface area is 89.6 Å². The van der Waals surface area contributed by atoms with E-state index in [1.807, 2.05) is 31.2 Å². The Morgan fingerprint density at radius 3 is 2.60 bits per heavy atom. The van der Waals surface area contributed by atoms with Gasteiger partial charge in [0.25, 0.3) is 0 Å². The van der Waals surface area contributed by atoms with E-state index in [9.17, 15) is 4.79 Å². The first-order valence-corrected chi connectivity index (χ1v) is 5.19. The molecule has 1 aliphatic heterocycles. The molecule has 0 spiro atoms. The summed E-state index contributed by atoms with van der Waals surface area (Å²) in [5.74, 6) is 0.0923. The highest BCUT2D eigenvalue weighted by Crippen LogP contribution is 2.17. The van der Waals surface area contributed by atoms with Crippen LogP contribution in [0.1, 0.15) is 28.8 Å². The maximum atomic E-state index is 12.0. The standard InChI is InChI=1S/C13H14O2/c1-10-4-6-11(7-5-10)13(14)12-3-2-8-15-9-12/h4-7,9H,2-3,8H2,1H3. The lowest BCUT2D eigenvalue weighted by molar-refractivity contribution is 0.101. The van der Waals surface area contributed by atoms with Gasteiger partial charge in [-0.3, -0.25) is 4.79 Å². The molecule has 0 fully saturated rings. The molecule has 0 amide bonds. The number of rotatable bonds is 2. The molecule has 0 unspecified atom stereocenters. The Bertz CT molecular complexity index is 388. The van der Waals surface area contributed by atoms with Crippen molar-refractivity contribution in [2.24, 2.45) is 0 Å². The van der Waals surface area contributed by atoms with Gasteiger partial charge in [-0.25, -0.2) is 0 Å². The Morgan fingerprint density at radius 1 is 1.27 bits per heavy atom. The summed E-state index contributed by atoms with van der Waals surface area (Å²) in [7, 11) is 0. The van der Waals surface area contributed by atoms with E-state index >= 15 is 0 Å².